The zero-order valence-electron chi connectivity index (χ0n) is 17.0. The maximum absolute atomic E-state index is 13.0. The molecule has 0 saturated carbocycles. The molecule has 0 unspecified atom stereocenters. The molecule has 0 fully saturated rings. The number of nitrogen functional groups attached to an aromatic ring is 1. The Bertz CT molecular complexity index is 913. The van der Waals surface area contributed by atoms with Crippen LogP contribution in [-0.4, -0.2) is 22.0 Å². The standard InChI is InChI=1S/C21H30N4O3/c1-4-6-12-24(17(26)14-16-10-8-15(3)9-11-16)18-19(22)25(13-7-5-2)21(28)23-20(18)27/h8-11H,4-7,12-14,22H2,1-3H3,(H,23,27,28). The lowest BCUT2D eigenvalue weighted by Gasteiger charge is -2.24. The summed E-state index contributed by atoms with van der Waals surface area (Å²) in [6, 6.07) is 7.71. The first-order valence-electron chi connectivity index (χ1n) is 9.87. The molecule has 152 valence electrons. The van der Waals surface area contributed by atoms with Crippen molar-refractivity contribution in [2.75, 3.05) is 17.2 Å². The van der Waals surface area contributed by atoms with Crippen LogP contribution < -0.4 is 21.9 Å². The molecule has 7 nitrogen and oxygen atoms in total. The van der Waals surface area contributed by atoms with E-state index >= 15 is 0 Å². The van der Waals surface area contributed by atoms with Gasteiger partial charge in [-0.15, -0.1) is 0 Å². The van der Waals surface area contributed by atoms with Crippen LogP contribution in [-0.2, 0) is 17.8 Å². The van der Waals surface area contributed by atoms with Gasteiger partial charge in [0.25, 0.3) is 5.56 Å². The minimum Gasteiger partial charge on any atom is -0.383 e. The molecule has 0 radical (unpaired) electrons. The van der Waals surface area contributed by atoms with Crippen molar-refractivity contribution < 1.29 is 4.79 Å². The van der Waals surface area contributed by atoms with Gasteiger partial charge < -0.3 is 10.6 Å². The maximum atomic E-state index is 13.0. The lowest BCUT2D eigenvalue weighted by atomic mass is 10.1. The molecule has 0 atom stereocenters. The Morgan fingerprint density at radius 1 is 1.11 bits per heavy atom. The van der Waals surface area contributed by atoms with Crippen LogP contribution in [0.3, 0.4) is 0 Å². The molecule has 1 aromatic heterocycles. The van der Waals surface area contributed by atoms with Crippen LogP contribution >= 0.6 is 0 Å². The highest BCUT2D eigenvalue weighted by Crippen LogP contribution is 2.19. The van der Waals surface area contributed by atoms with E-state index in [0.29, 0.717) is 13.1 Å². The summed E-state index contributed by atoms with van der Waals surface area (Å²) in [5.41, 5.74) is 7.09. The molecule has 2 aromatic rings. The smallest absolute Gasteiger partial charge is 0.330 e. The lowest BCUT2D eigenvalue weighted by molar-refractivity contribution is -0.118. The van der Waals surface area contributed by atoms with E-state index in [1.54, 1.807) is 0 Å². The van der Waals surface area contributed by atoms with Crippen molar-refractivity contribution in [3.05, 3.63) is 56.2 Å². The van der Waals surface area contributed by atoms with Gasteiger partial charge in [0.1, 0.15) is 5.82 Å². The predicted molar refractivity (Wildman–Crippen MR) is 113 cm³/mol. The van der Waals surface area contributed by atoms with Crippen LogP contribution in [0.5, 0.6) is 0 Å². The number of nitrogens with one attached hydrogen (secondary N) is 1. The Kier molecular flexibility index (Phi) is 7.61. The first kappa shape index (κ1) is 21.5. The Morgan fingerprint density at radius 2 is 1.75 bits per heavy atom. The van der Waals surface area contributed by atoms with Gasteiger partial charge in [-0.2, -0.15) is 0 Å². The number of carbonyl (C=O) groups excluding carboxylic acids is 1. The number of hydrogen-bond donors (Lipinski definition) is 2. The van der Waals surface area contributed by atoms with Crippen LogP contribution in [0.15, 0.2) is 33.9 Å². The summed E-state index contributed by atoms with van der Waals surface area (Å²) in [5.74, 6) is -0.161. The van der Waals surface area contributed by atoms with Crippen LogP contribution in [0.25, 0.3) is 0 Å². The van der Waals surface area contributed by atoms with Crippen LogP contribution in [0, 0.1) is 6.92 Å². The van der Waals surface area contributed by atoms with Gasteiger partial charge >= 0.3 is 5.69 Å². The first-order chi connectivity index (χ1) is 13.4. The van der Waals surface area contributed by atoms with Gasteiger partial charge in [-0.05, 0) is 25.3 Å². The maximum Gasteiger partial charge on any atom is 0.330 e. The third-order valence-electron chi connectivity index (χ3n) is 4.73. The molecule has 0 aliphatic carbocycles. The second kappa shape index (κ2) is 9.92. The minimum atomic E-state index is -0.622. The fourth-order valence-electron chi connectivity index (χ4n) is 3.03. The minimum absolute atomic E-state index is 0.0514. The van der Waals surface area contributed by atoms with Gasteiger partial charge in [0, 0.05) is 13.1 Å². The molecule has 0 aliphatic heterocycles. The molecule has 2 rings (SSSR count). The molecule has 0 spiro atoms. The highest BCUT2D eigenvalue weighted by Gasteiger charge is 2.23. The van der Waals surface area contributed by atoms with Gasteiger partial charge in [0.15, 0.2) is 5.69 Å². The van der Waals surface area contributed by atoms with Crippen LogP contribution in [0.2, 0.25) is 0 Å². The number of rotatable bonds is 9. The number of nitrogens with zero attached hydrogens (tertiary/aromatic N) is 2. The molecule has 1 heterocycles. The number of unbranched alkanes of at least 4 members (excludes halogenated alkanes) is 2. The number of aryl methyl sites for hydroxylation is 1. The quantitative estimate of drug-likeness (QED) is 0.692. The molecule has 3 N–H and O–H groups in total. The zero-order chi connectivity index (χ0) is 20.7. The molecule has 0 bridgehead atoms. The van der Waals surface area contributed by atoms with Gasteiger partial charge in [-0.25, -0.2) is 4.79 Å². The highest BCUT2D eigenvalue weighted by atomic mass is 16.2. The summed E-state index contributed by atoms with van der Waals surface area (Å²) < 4.78 is 1.35. The SMILES string of the molecule is CCCCN(C(=O)Cc1ccc(C)cc1)c1c(N)n(CCCC)c(=O)[nH]c1=O. The molecular formula is C21H30N4O3. The molecule has 1 aromatic carbocycles. The number of aromatic nitrogens is 2. The first-order valence-corrected chi connectivity index (χ1v) is 9.87. The average Bonchev–Trinajstić information content (AvgIpc) is 2.65. The van der Waals surface area contributed by atoms with Crippen molar-refractivity contribution in [3.8, 4) is 0 Å². The van der Waals surface area contributed by atoms with Crippen molar-refractivity contribution >= 4 is 17.4 Å². The van der Waals surface area contributed by atoms with E-state index in [2.05, 4.69) is 4.98 Å². The number of anilines is 2. The molecule has 0 saturated heterocycles. The lowest BCUT2D eigenvalue weighted by Crippen LogP contribution is -2.42. The molecule has 28 heavy (non-hydrogen) atoms. The van der Waals surface area contributed by atoms with E-state index in [1.165, 1.54) is 9.47 Å². The zero-order valence-corrected chi connectivity index (χ0v) is 17.0. The fourth-order valence-corrected chi connectivity index (χ4v) is 3.03. The average molecular weight is 386 g/mol. The Morgan fingerprint density at radius 3 is 2.36 bits per heavy atom. The summed E-state index contributed by atoms with van der Waals surface area (Å²) in [6.45, 7) is 6.78. The number of nitrogens with two attached hydrogens (primary N) is 1. The van der Waals surface area contributed by atoms with Crippen molar-refractivity contribution in [2.45, 2.75) is 59.4 Å². The molecular weight excluding hydrogens is 356 g/mol. The number of carbonyl (C=O) groups is 1. The van der Waals surface area contributed by atoms with E-state index in [4.69, 9.17) is 5.73 Å². The largest absolute Gasteiger partial charge is 0.383 e. The van der Waals surface area contributed by atoms with Crippen LogP contribution in [0.1, 0.15) is 50.7 Å². The van der Waals surface area contributed by atoms with Crippen molar-refractivity contribution in [2.24, 2.45) is 0 Å². The second-order valence-electron chi connectivity index (χ2n) is 7.06. The Balaban J connectivity index is 2.43. The Hall–Kier alpha value is -2.83. The number of hydrogen-bond acceptors (Lipinski definition) is 4. The van der Waals surface area contributed by atoms with Crippen LogP contribution in [0.4, 0.5) is 11.5 Å². The third-order valence-corrected chi connectivity index (χ3v) is 4.73. The van der Waals surface area contributed by atoms with E-state index in [9.17, 15) is 14.4 Å². The van der Waals surface area contributed by atoms with Gasteiger partial charge in [0.05, 0.1) is 6.42 Å². The summed E-state index contributed by atoms with van der Waals surface area (Å²) >= 11 is 0. The van der Waals surface area contributed by atoms with Crippen molar-refractivity contribution in [3.63, 3.8) is 0 Å². The highest BCUT2D eigenvalue weighted by molar-refractivity contribution is 5.96. The van der Waals surface area contributed by atoms with E-state index < -0.39 is 11.2 Å². The summed E-state index contributed by atoms with van der Waals surface area (Å²) in [5, 5.41) is 0. The summed E-state index contributed by atoms with van der Waals surface area (Å²) in [4.78, 5) is 41.5. The van der Waals surface area contributed by atoms with Gasteiger partial charge in [-0.3, -0.25) is 19.1 Å². The van der Waals surface area contributed by atoms with E-state index in [1.807, 2.05) is 45.0 Å². The number of benzene rings is 1. The third kappa shape index (κ3) is 5.12. The van der Waals surface area contributed by atoms with Crippen molar-refractivity contribution in [1.29, 1.82) is 0 Å². The summed E-state index contributed by atoms with van der Waals surface area (Å²) in [6.07, 6.45) is 3.39. The van der Waals surface area contributed by atoms with E-state index in [-0.39, 0.29) is 23.8 Å². The number of amides is 1. The van der Waals surface area contributed by atoms with Crippen molar-refractivity contribution in [1.82, 2.24) is 9.55 Å². The van der Waals surface area contributed by atoms with Gasteiger partial charge in [-0.1, -0.05) is 56.5 Å². The summed E-state index contributed by atoms with van der Waals surface area (Å²) in [7, 11) is 0. The monoisotopic (exact) mass is 386 g/mol. The normalized spacial score (nSPS) is 10.8. The predicted octanol–water partition coefficient (Wildman–Crippen LogP) is 2.60. The van der Waals surface area contributed by atoms with Gasteiger partial charge in [0.2, 0.25) is 5.91 Å². The molecule has 7 heteroatoms. The van der Waals surface area contributed by atoms with E-state index in [0.717, 1.165) is 36.8 Å². The molecule has 0 aliphatic rings. The Labute approximate surface area is 165 Å². The topological polar surface area (TPSA) is 101 Å². The number of H-pyrrole nitrogens is 1. The molecule has 1 amide bonds. The number of aromatic amines is 1. The second-order valence-corrected chi connectivity index (χ2v) is 7.06. The fraction of sp³-hybridized carbons (Fsp3) is 0.476.